The van der Waals surface area contributed by atoms with Crippen molar-refractivity contribution in [1.29, 1.82) is 0 Å². The van der Waals surface area contributed by atoms with Crippen LogP contribution in [0.3, 0.4) is 0 Å². The van der Waals surface area contributed by atoms with Gasteiger partial charge in [-0.3, -0.25) is 4.79 Å². The molecule has 1 aliphatic heterocycles. The first-order chi connectivity index (χ1) is 9.16. The van der Waals surface area contributed by atoms with E-state index in [9.17, 15) is 4.79 Å². The van der Waals surface area contributed by atoms with Crippen LogP contribution in [0.1, 0.15) is 38.2 Å². The van der Waals surface area contributed by atoms with Gasteiger partial charge in [0.1, 0.15) is 0 Å². The maximum Gasteiger partial charge on any atom is 0.222 e. The number of hydrogen-bond acceptors (Lipinski definition) is 2. The van der Waals surface area contributed by atoms with Crippen LogP contribution in [-0.4, -0.2) is 29.4 Å². The fourth-order valence-electron chi connectivity index (χ4n) is 2.81. The minimum absolute atomic E-state index is 0.267. The van der Waals surface area contributed by atoms with Crippen LogP contribution in [0.15, 0.2) is 30.3 Å². The van der Waals surface area contributed by atoms with Crippen LogP contribution >= 0.6 is 0 Å². The highest BCUT2D eigenvalue weighted by Gasteiger charge is 2.26. The molecule has 2 N–H and O–H groups in total. The highest BCUT2D eigenvalue weighted by atomic mass is 16.2. The number of hydrogen-bond donors (Lipinski definition) is 1. The number of carbonyl (C=O) groups is 1. The number of nitrogens with zero attached hydrogens (tertiary/aromatic N) is 1. The Hall–Kier alpha value is -1.35. The van der Waals surface area contributed by atoms with Crippen LogP contribution in [0, 0.1) is 0 Å². The molecule has 2 rings (SSSR count). The van der Waals surface area contributed by atoms with E-state index in [1.54, 1.807) is 0 Å². The Morgan fingerprint density at radius 2 is 2.11 bits per heavy atom. The van der Waals surface area contributed by atoms with E-state index in [1.807, 2.05) is 23.1 Å². The summed E-state index contributed by atoms with van der Waals surface area (Å²) in [6.45, 7) is 2.93. The van der Waals surface area contributed by atoms with E-state index in [2.05, 4.69) is 19.1 Å². The Bertz CT molecular complexity index is 404. The summed E-state index contributed by atoms with van der Waals surface area (Å²) in [5.41, 5.74) is 7.23. The summed E-state index contributed by atoms with van der Waals surface area (Å²) in [6, 6.07) is 10.9. The van der Waals surface area contributed by atoms with Crippen molar-refractivity contribution in [2.75, 3.05) is 6.54 Å². The molecule has 1 amide bonds. The number of piperidine rings is 1. The van der Waals surface area contributed by atoms with Crippen LogP contribution in [0.4, 0.5) is 0 Å². The largest absolute Gasteiger partial charge is 0.340 e. The van der Waals surface area contributed by atoms with E-state index >= 15 is 0 Å². The van der Waals surface area contributed by atoms with E-state index in [1.165, 1.54) is 5.56 Å². The number of rotatable bonds is 4. The first-order valence-electron chi connectivity index (χ1n) is 7.26. The van der Waals surface area contributed by atoms with Gasteiger partial charge in [-0.05, 0) is 38.2 Å². The molecule has 19 heavy (non-hydrogen) atoms. The van der Waals surface area contributed by atoms with Crippen LogP contribution in [0.2, 0.25) is 0 Å². The summed E-state index contributed by atoms with van der Waals surface area (Å²) >= 11 is 0. The van der Waals surface area contributed by atoms with Gasteiger partial charge in [0, 0.05) is 25.0 Å². The zero-order valence-electron chi connectivity index (χ0n) is 11.7. The number of nitrogens with two attached hydrogens (primary N) is 1. The fourth-order valence-corrected chi connectivity index (χ4v) is 2.81. The van der Waals surface area contributed by atoms with Crippen molar-refractivity contribution in [2.24, 2.45) is 5.73 Å². The topological polar surface area (TPSA) is 46.3 Å². The summed E-state index contributed by atoms with van der Waals surface area (Å²) in [7, 11) is 0. The van der Waals surface area contributed by atoms with Crippen LogP contribution < -0.4 is 5.73 Å². The minimum atomic E-state index is 0.267. The molecule has 2 unspecified atom stereocenters. The molecule has 1 heterocycles. The summed E-state index contributed by atoms with van der Waals surface area (Å²) in [5, 5.41) is 0. The molecule has 0 saturated carbocycles. The van der Waals surface area contributed by atoms with Crippen LogP contribution in [-0.2, 0) is 11.2 Å². The molecular weight excluding hydrogens is 236 g/mol. The standard InChI is InChI=1S/C16H24N2O/c1-13-12-15(17)10-11-18(13)16(19)9-5-8-14-6-3-2-4-7-14/h2-4,6-7,13,15H,5,8-12,17H2,1H3. The predicted molar refractivity (Wildman–Crippen MR) is 77.8 cm³/mol. The molecular formula is C16H24N2O. The molecule has 104 valence electrons. The van der Waals surface area contributed by atoms with Gasteiger partial charge in [-0.15, -0.1) is 0 Å². The molecule has 0 bridgehead atoms. The van der Waals surface area contributed by atoms with Gasteiger partial charge in [0.25, 0.3) is 0 Å². The maximum atomic E-state index is 12.2. The summed E-state index contributed by atoms with van der Waals surface area (Å²) < 4.78 is 0. The second kappa shape index (κ2) is 6.71. The lowest BCUT2D eigenvalue weighted by Gasteiger charge is -2.36. The lowest BCUT2D eigenvalue weighted by atomic mass is 9.98. The van der Waals surface area contributed by atoms with Gasteiger partial charge >= 0.3 is 0 Å². The summed E-state index contributed by atoms with van der Waals surface area (Å²) in [6.07, 6.45) is 4.43. The van der Waals surface area contributed by atoms with E-state index < -0.39 is 0 Å². The molecule has 0 spiro atoms. The van der Waals surface area contributed by atoms with Gasteiger partial charge in [-0.1, -0.05) is 30.3 Å². The Morgan fingerprint density at radius 1 is 1.37 bits per heavy atom. The second-order valence-electron chi connectivity index (χ2n) is 5.56. The summed E-state index contributed by atoms with van der Waals surface area (Å²) in [5.74, 6) is 0.287. The van der Waals surface area contributed by atoms with Gasteiger partial charge in [-0.25, -0.2) is 0 Å². The summed E-state index contributed by atoms with van der Waals surface area (Å²) in [4.78, 5) is 14.2. The van der Waals surface area contributed by atoms with Crippen molar-refractivity contribution in [1.82, 2.24) is 4.90 Å². The van der Waals surface area contributed by atoms with Crippen molar-refractivity contribution in [2.45, 2.75) is 51.1 Å². The molecule has 2 atom stereocenters. The van der Waals surface area contributed by atoms with Gasteiger partial charge < -0.3 is 10.6 Å². The first-order valence-corrected chi connectivity index (χ1v) is 7.26. The molecule has 0 radical (unpaired) electrons. The van der Waals surface area contributed by atoms with Gasteiger partial charge in [0.2, 0.25) is 5.91 Å². The van der Waals surface area contributed by atoms with E-state index in [-0.39, 0.29) is 11.9 Å². The third-order valence-electron chi connectivity index (χ3n) is 3.94. The van der Waals surface area contributed by atoms with Crippen molar-refractivity contribution in [3.05, 3.63) is 35.9 Å². The van der Waals surface area contributed by atoms with Gasteiger partial charge in [0.05, 0.1) is 0 Å². The minimum Gasteiger partial charge on any atom is -0.340 e. The van der Waals surface area contributed by atoms with Crippen molar-refractivity contribution >= 4 is 5.91 Å². The van der Waals surface area contributed by atoms with Gasteiger partial charge in [0.15, 0.2) is 0 Å². The number of amides is 1. The second-order valence-corrected chi connectivity index (χ2v) is 5.56. The fraction of sp³-hybridized carbons (Fsp3) is 0.562. The Kier molecular flexibility index (Phi) is 4.97. The third-order valence-corrected chi connectivity index (χ3v) is 3.94. The van der Waals surface area contributed by atoms with Crippen molar-refractivity contribution in [3.8, 4) is 0 Å². The zero-order chi connectivity index (χ0) is 13.7. The predicted octanol–water partition coefficient (Wildman–Crippen LogP) is 2.35. The molecule has 1 aromatic carbocycles. The molecule has 1 aromatic rings. The number of benzene rings is 1. The highest BCUT2D eigenvalue weighted by molar-refractivity contribution is 5.76. The van der Waals surface area contributed by atoms with Crippen LogP contribution in [0.25, 0.3) is 0 Å². The van der Waals surface area contributed by atoms with Gasteiger partial charge in [-0.2, -0.15) is 0 Å². The molecule has 3 heteroatoms. The SMILES string of the molecule is CC1CC(N)CCN1C(=O)CCCc1ccccc1. The number of aryl methyl sites for hydroxylation is 1. The highest BCUT2D eigenvalue weighted by Crippen LogP contribution is 2.17. The lowest BCUT2D eigenvalue weighted by Crippen LogP contribution is -2.48. The zero-order valence-corrected chi connectivity index (χ0v) is 11.7. The normalized spacial score (nSPS) is 23.4. The average Bonchev–Trinajstić information content (AvgIpc) is 2.39. The Morgan fingerprint density at radius 3 is 2.79 bits per heavy atom. The quantitative estimate of drug-likeness (QED) is 0.903. The Balaban J connectivity index is 1.75. The molecule has 1 fully saturated rings. The number of carbonyl (C=O) groups excluding carboxylic acids is 1. The van der Waals surface area contributed by atoms with E-state index in [0.717, 1.165) is 32.2 Å². The molecule has 3 nitrogen and oxygen atoms in total. The molecule has 1 aliphatic rings. The number of likely N-dealkylation sites (tertiary alicyclic amines) is 1. The van der Waals surface area contributed by atoms with Crippen LogP contribution in [0.5, 0.6) is 0 Å². The van der Waals surface area contributed by atoms with E-state index in [4.69, 9.17) is 5.73 Å². The van der Waals surface area contributed by atoms with Crippen molar-refractivity contribution in [3.63, 3.8) is 0 Å². The monoisotopic (exact) mass is 260 g/mol. The van der Waals surface area contributed by atoms with Crippen molar-refractivity contribution < 1.29 is 4.79 Å². The lowest BCUT2D eigenvalue weighted by molar-refractivity contribution is -0.134. The molecule has 0 aromatic heterocycles. The Labute approximate surface area is 115 Å². The smallest absolute Gasteiger partial charge is 0.222 e. The molecule has 1 saturated heterocycles. The van der Waals surface area contributed by atoms with E-state index in [0.29, 0.717) is 12.5 Å². The molecule has 0 aliphatic carbocycles. The average molecular weight is 260 g/mol. The first kappa shape index (κ1) is 14.1. The maximum absolute atomic E-state index is 12.2. The third kappa shape index (κ3) is 4.06.